The molecule has 1 aliphatic carbocycles. The van der Waals surface area contributed by atoms with Crippen LogP contribution < -0.4 is 22.5 Å². The number of amides is 3. The minimum absolute atomic E-state index is 0.132. The van der Waals surface area contributed by atoms with Gasteiger partial charge in [-0.3, -0.25) is 14.7 Å². The van der Waals surface area contributed by atoms with Crippen molar-refractivity contribution in [1.29, 1.82) is 0 Å². The number of nitrogens with two attached hydrogens (primary N) is 2. The topological polar surface area (TPSA) is 143 Å². The van der Waals surface area contributed by atoms with Gasteiger partial charge in [-0.25, -0.2) is 9.59 Å². The number of hydrogen-bond acceptors (Lipinski definition) is 7. The summed E-state index contributed by atoms with van der Waals surface area (Å²) >= 11 is 0. The fraction of sp³-hybridized carbons (Fsp3) is 0.680. The van der Waals surface area contributed by atoms with Gasteiger partial charge >= 0.3 is 11.7 Å². The van der Waals surface area contributed by atoms with Crippen LogP contribution in [-0.2, 0) is 4.79 Å². The highest BCUT2D eigenvalue weighted by Crippen LogP contribution is 2.28. The van der Waals surface area contributed by atoms with Gasteiger partial charge in [0.1, 0.15) is 5.82 Å². The maximum atomic E-state index is 12.7. The first kappa shape index (κ1) is 26.3. The number of aromatic nitrogens is 2. The molecule has 11 nitrogen and oxygen atoms in total. The summed E-state index contributed by atoms with van der Waals surface area (Å²) < 4.78 is 1.57. The van der Waals surface area contributed by atoms with Crippen LogP contribution in [0.1, 0.15) is 39.5 Å². The molecule has 1 aromatic rings. The summed E-state index contributed by atoms with van der Waals surface area (Å²) in [6.07, 6.45) is 7.83. The quantitative estimate of drug-likeness (QED) is 0.518. The Morgan fingerprint density at radius 3 is 2.42 bits per heavy atom. The molecule has 2 atom stereocenters. The van der Waals surface area contributed by atoms with E-state index in [4.69, 9.17) is 11.5 Å². The molecule has 0 radical (unpaired) electrons. The summed E-state index contributed by atoms with van der Waals surface area (Å²) in [7, 11) is 0. The van der Waals surface area contributed by atoms with Gasteiger partial charge < -0.3 is 26.2 Å². The Morgan fingerprint density at radius 2 is 1.83 bits per heavy atom. The SMILES string of the molecule is CC(C)(N)C(=O)N1CCN(C(=O)Nc2ccn(C3=CC[C@H](CN4CC[C@H](CN)C4)CC3)c(=O)n2)CC1. The second-order valence-corrected chi connectivity index (χ2v) is 10.9. The first-order chi connectivity index (χ1) is 17.1. The van der Waals surface area contributed by atoms with Crippen LogP contribution in [0.25, 0.3) is 5.70 Å². The smallest absolute Gasteiger partial charge is 0.338 e. The standard InChI is InChI=1S/C25H40N8O3/c1-25(2,27)22(34)31-11-13-32(14-12-31)23(35)28-21-8-10-33(24(36)29-21)20-5-3-18(4-6-20)16-30-9-7-19(15-26)17-30/h5,8,10,18-19H,3-4,6-7,9,11-17,26-27H2,1-2H3,(H,28,29,35,36)/t18-,19+/m0/s1. The molecule has 0 aromatic carbocycles. The van der Waals surface area contributed by atoms with E-state index in [1.807, 2.05) is 0 Å². The van der Waals surface area contributed by atoms with Gasteiger partial charge in [0.2, 0.25) is 5.91 Å². The first-order valence-corrected chi connectivity index (χ1v) is 13.0. The van der Waals surface area contributed by atoms with E-state index in [9.17, 15) is 14.4 Å². The Labute approximate surface area is 212 Å². The van der Waals surface area contributed by atoms with Crippen molar-refractivity contribution in [2.45, 2.75) is 45.1 Å². The highest BCUT2D eigenvalue weighted by atomic mass is 16.2. The lowest BCUT2D eigenvalue weighted by atomic mass is 9.92. The number of urea groups is 1. The number of allylic oxidation sites excluding steroid dienone is 2. The van der Waals surface area contributed by atoms with Crippen LogP contribution in [0, 0.1) is 11.8 Å². The third kappa shape index (κ3) is 6.32. The zero-order valence-corrected chi connectivity index (χ0v) is 21.5. The fourth-order valence-corrected chi connectivity index (χ4v) is 5.30. The minimum Gasteiger partial charge on any atom is -0.338 e. The Kier molecular flexibility index (Phi) is 8.11. The van der Waals surface area contributed by atoms with Crippen LogP contribution in [0.3, 0.4) is 0 Å². The fourth-order valence-electron chi connectivity index (χ4n) is 5.30. The minimum atomic E-state index is -0.936. The van der Waals surface area contributed by atoms with Gasteiger partial charge in [0.15, 0.2) is 0 Å². The average Bonchev–Trinajstić information content (AvgIpc) is 3.31. The maximum absolute atomic E-state index is 12.7. The van der Waals surface area contributed by atoms with Crippen molar-refractivity contribution in [3.05, 3.63) is 28.8 Å². The van der Waals surface area contributed by atoms with Crippen molar-refractivity contribution < 1.29 is 9.59 Å². The molecule has 2 fully saturated rings. The molecule has 11 heteroatoms. The number of nitrogens with one attached hydrogen (secondary N) is 1. The molecule has 0 bridgehead atoms. The molecule has 1 aromatic heterocycles. The molecular formula is C25H40N8O3. The van der Waals surface area contributed by atoms with Crippen LogP contribution >= 0.6 is 0 Å². The average molecular weight is 501 g/mol. The normalized spacial score (nSPS) is 23.5. The van der Waals surface area contributed by atoms with Crippen molar-refractivity contribution in [2.75, 3.05) is 57.7 Å². The van der Waals surface area contributed by atoms with Crippen molar-refractivity contribution in [1.82, 2.24) is 24.3 Å². The first-order valence-electron chi connectivity index (χ1n) is 13.0. The molecular weight excluding hydrogens is 460 g/mol. The molecule has 2 aliphatic heterocycles. The number of hydrogen-bond donors (Lipinski definition) is 3. The van der Waals surface area contributed by atoms with Crippen LogP contribution in [-0.4, -0.2) is 94.1 Å². The van der Waals surface area contributed by atoms with Crippen molar-refractivity contribution in [3.8, 4) is 0 Å². The highest BCUT2D eigenvalue weighted by molar-refractivity contribution is 5.89. The molecule has 36 heavy (non-hydrogen) atoms. The van der Waals surface area contributed by atoms with E-state index in [0.29, 0.717) is 38.0 Å². The van der Waals surface area contributed by atoms with Crippen LogP contribution in [0.15, 0.2) is 23.1 Å². The molecule has 2 saturated heterocycles. The summed E-state index contributed by atoms with van der Waals surface area (Å²) in [6, 6.07) is 1.32. The lowest BCUT2D eigenvalue weighted by Gasteiger charge is -2.37. The van der Waals surface area contributed by atoms with Crippen LogP contribution in [0.5, 0.6) is 0 Å². The molecule has 198 valence electrons. The van der Waals surface area contributed by atoms with Crippen molar-refractivity contribution in [2.24, 2.45) is 23.3 Å². The number of nitrogens with zero attached hydrogens (tertiary/aromatic N) is 5. The highest BCUT2D eigenvalue weighted by Gasteiger charge is 2.31. The summed E-state index contributed by atoms with van der Waals surface area (Å²) in [5.41, 5.74) is 11.3. The Balaban J connectivity index is 1.28. The number of carbonyl (C=O) groups excluding carboxylic acids is 2. The van der Waals surface area contributed by atoms with E-state index in [1.165, 1.54) is 6.42 Å². The van der Waals surface area contributed by atoms with E-state index in [2.05, 4.69) is 21.3 Å². The predicted molar refractivity (Wildman–Crippen MR) is 139 cm³/mol. The second kappa shape index (κ2) is 11.1. The van der Waals surface area contributed by atoms with E-state index >= 15 is 0 Å². The molecule has 0 unspecified atom stereocenters. The van der Waals surface area contributed by atoms with Gasteiger partial charge in [-0.15, -0.1) is 0 Å². The number of likely N-dealkylation sites (tertiary alicyclic amines) is 1. The Morgan fingerprint density at radius 1 is 1.11 bits per heavy atom. The van der Waals surface area contributed by atoms with E-state index in [1.54, 1.807) is 40.5 Å². The summed E-state index contributed by atoms with van der Waals surface area (Å²) in [4.78, 5) is 47.6. The summed E-state index contributed by atoms with van der Waals surface area (Å²) in [5, 5.41) is 2.71. The molecule has 4 rings (SSSR count). The Hall–Kier alpha value is -2.76. The summed E-state index contributed by atoms with van der Waals surface area (Å²) in [6.45, 7) is 9.06. The molecule has 0 spiro atoms. The third-order valence-corrected chi connectivity index (χ3v) is 7.47. The monoisotopic (exact) mass is 500 g/mol. The van der Waals surface area contributed by atoms with Gasteiger partial charge in [0.25, 0.3) is 0 Å². The second-order valence-electron chi connectivity index (χ2n) is 10.9. The van der Waals surface area contributed by atoms with Gasteiger partial charge in [-0.05, 0) is 70.5 Å². The zero-order valence-electron chi connectivity index (χ0n) is 21.5. The van der Waals surface area contributed by atoms with Gasteiger partial charge in [-0.1, -0.05) is 6.08 Å². The Bertz CT molecular complexity index is 1040. The van der Waals surface area contributed by atoms with Crippen LogP contribution in [0.4, 0.5) is 10.6 Å². The van der Waals surface area contributed by atoms with E-state index < -0.39 is 11.2 Å². The molecule has 3 aliphatic rings. The number of rotatable bonds is 6. The predicted octanol–water partition coefficient (Wildman–Crippen LogP) is 0.578. The lowest BCUT2D eigenvalue weighted by molar-refractivity contribution is -0.137. The molecule has 3 amide bonds. The molecule has 5 N–H and O–H groups in total. The lowest BCUT2D eigenvalue weighted by Crippen LogP contribution is -2.58. The van der Waals surface area contributed by atoms with Gasteiger partial charge in [0.05, 0.1) is 5.54 Å². The number of carbonyl (C=O) groups is 2. The number of piperazine rings is 1. The van der Waals surface area contributed by atoms with Gasteiger partial charge in [0, 0.05) is 51.2 Å². The maximum Gasteiger partial charge on any atom is 0.353 e. The summed E-state index contributed by atoms with van der Waals surface area (Å²) in [5.74, 6) is 1.31. The van der Waals surface area contributed by atoms with Gasteiger partial charge in [-0.2, -0.15) is 4.98 Å². The largest absolute Gasteiger partial charge is 0.353 e. The number of anilines is 1. The van der Waals surface area contributed by atoms with Crippen molar-refractivity contribution in [3.63, 3.8) is 0 Å². The zero-order chi connectivity index (χ0) is 25.9. The molecule has 3 heterocycles. The molecule has 0 saturated carbocycles. The van der Waals surface area contributed by atoms with Crippen molar-refractivity contribution >= 4 is 23.5 Å². The van der Waals surface area contributed by atoms with E-state index in [-0.39, 0.29) is 17.8 Å². The third-order valence-electron chi connectivity index (χ3n) is 7.47. The van der Waals surface area contributed by atoms with E-state index in [0.717, 1.165) is 51.1 Å². The van der Waals surface area contributed by atoms with Crippen LogP contribution in [0.2, 0.25) is 0 Å².